The lowest BCUT2D eigenvalue weighted by atomic mass is 10.0. The summed E-state index contributed by atoms with van der Waals surface area (Å²) >= 11 is 2.40. The summed E-state index contributed by atoms with van der Waals surface area (Å²) in [6.07, 6.45) is 0. The summed E-state index contributed by atoms with van der Waals surface area (Å²) in [6.45, 7) is 8.65. The zero-order chi connectivity index (χ0) is 29.4. The van der Waals surface area contributed by atoms with Gasteiger partial charge in [-0.1, -0.05) is 19.0 Å². The van der Waals surface area contributed by atoms with Gasteiger partial charge in [-0.25, -0.2) is 9.78 Å². The number of carbonyl (C=O) groups excluding carboxylic acids is 5. The van der Waals surface area contributed by atoms with E-state index in [1.807, 2.05) is 13.8 Å². The molecule has 218 valence electrons. The summed E-state index contributed by atoms with van der Waals surface area (Å²) in [7, 11) is 1.26. The molecule has 2 aliphatic heterocycles. The van der Waals surface area contributed by atoms with Crippen LogP contribution in [0.4, 0.5) is 5.13 Å². The molecule has 2 unspecified atom stereocenters. The number of carbonyl (C=O) groups is 5. The Hall–Kier alpha value is -3.50. The Labute approximate surface area is 239 Å². The van der Waals surface area contributed by atoms with Crippen molar-refractivity contribution >= 4 is 63.6 Å². The first-order chi connectivity index (χ1) is 19.1. The van der Waals surface area contributed by atoms with E-state index in [9.17, 15) is 24.0 Å². The molecule has 0 bridgehead atoms. The summed E-state index contributed by atoms with van der Waals surface area (Å²) in [4.78, 5) is 74.6. The molecule has 3 amide bonds. The van der Waals surface area contributed by atoms with E-state index in [-0.39, 0.29) is 47.1 Å². The maximum atomic E-state index is 13.3. The monoisotopic (exact) mass is 596 g/mol. The number of nitrogens with one attached hydrogen (secondary N) is 2. The van der Waals surface area contributed by atoms with E-state index in [0.29, 0.717) is 12.1 Å². The summed E-state index contributed by atoms with van der Waals surface area (Å²) < 4.78 is 10.6. The van der Waals surface area contributed by atoms with Crippen molar-refractivity contribution in [2.45, 2.75) is 39.1 Å². The number of anilines is 1. The number of fused-ring (bicyclic) bond motifs is 1. The standard InChI is InChI=1S/C24H32N6O8S2/c1-6-29(7-2)8-9-37-23(35)19-15(10-38-14(4)32)11-39-22-18(21(34)30(19)22)27-20(33)17(28-36-5)16-12-40-24(26-16)25-13(3)31/h12,18,22H,6-11H2,1-5H3,(H,27,33)(H,25,26,31)/b28-17-. The average Bonchev–Trinajstić information content (AvgIpc) is 3.37. The molecular formula is C24H32N6O8S2. The Morgan fingerprint density at radius 1 is 1.20 bits per heavy atom. The van der Waals surface area contributed by atoms with Crippen molar-refractivity contribution in [1.29, 1.82) is 0 Å². The van der Waals surface area contributed by atoms with Crippen LogP contribution >= 0.6 is 23.1 Å². The largest absolute Gasteiger partial charge is 0.461 e. The number of thioether (sulfide) groups is 1. The van der Waals surface area contributed by atoms with Gasteiger partial charge in [-0.2, -0.15) is 0 Å². The van der Waals surface area contributed by atoms with Crippen LogP contribution in [-0.2, 0) is 38.3 Å². The highest BCUT2D eigenvalue weighted by molar-refractivity contribution is 8.00. The van der Waals surface area contributed by atoms with Gasteiger partial charge in [-0.15, -0.1) is 23.1 Å². The number of hydrogen-bond acceptors (Lipinski definition) is 13. The fourth-order valence-electron chi connectivity index (χ4n) is 3.94. The van der Waals surface area contributed by atoms with Crippen molar-refractivity contribution < 1.29 is 38.3 Å². The molecule has 1 aromatic rings. The van der Waals surface area contributed by atoms with E-state index in [1.165, 1.54) is 43.0 Å². The average molecular weight is 597 g/mol. The molecule has 1 aromatic heterocycles. The Kier molecular flexibility index (Phi) is 11.0. The second kappa shape index (κ2) is 14.2. The number of aromatic nitrogens is 1. The van der Waals surface area contributed by atoms with Crippen LogP contribution in [0.25, 0.3) is 0 Å². The number of thiazole rings is 1. The predicted octanol–water partition coefficient (Wildman–Crippen LogP) is 0.554. The number of oxime groups is 1. The second-order valence-corrected chi connectivity index (χ2v) is 10.6. The van der Waals surface area contributed by atoms with Crippen LogP contribution in [0.1, 0.15) is 33.4 Å². The summed E-state index contributed by atoms with van der Waals surface area (Å²) in [5.41, 5.74) is 0.417. The normalized spacial score (nSPS) is 18.6. The van der Waals surface area contributed by atoms with Gasteiger partial charge in [0.2, 0.25) is 5.91 Å². The smallest absolute Gasteiger partial charge is 0.355 e. The van der Waals surface area contributed by atoms with Crippen LogP contribution in [0.3, 0.4) is 0 Å². The molecule has 0 saturated carbocycles. The zero-order valence-electron chi connectivity index (χ0n) is 22.8. The van der Waals surface area contributed by atoms with E-state index in [1.54, 1.807) is 0 Å². The van der Waals surface area contributed by atoms with Crippen molar-refractivity contribution in [3.8, 4) is 0 Å². The molecule has 3 rings (SSSR count). The molecule has 14 nitrogen and oxygen atoms in total. The van der Waals surface area contributed by atoms with E-state index >= 15 is 0 Å². The van der Waals surface area contributed by atoms with Crippen LogP contribution in [0.5, 0.6) is 0 Å². The molecule has 2 N–H and O–H groups in total. The number of hydrogen-bond donors (Lipinski definition) is 2. The first-order valence-corrected chi connectivity index (χ1v) is 14.4. The summed E-state index contributed by atoms with van der Waals surface area (Å²) in [5, 5.41) is 10.1. The lowest BCUT2D eigenvalue weighted by molar-refractivity contribution is -0.153. The lowest BCUT2D eigenvalue weighted by Gasteiger charge is -2.49. The highest BCUT2D eigenvalue weighted by Crippen LogP contribution is 2.40. The molecule has 3 heterocycles. The molecule has 2 aliphatic rings. The highest BCUT2D eigenvalue weighted by atomic mass is 32.2. The van der Waals surface area contributed by atoms with Gasteiger partial charge in [0.1, 0.15) is 43.1 Å². The Morgan fingerprint density at radius 3 is 2.55 bits per heavy atom. The van der Waals surface area contributed by atoms with Gasteiger partial charge < -0.3 is 29.8 Å². The maximum Gasteiger partial charge on any atom is 0.355 e. The van der Waals surface area contributed by atoms with Crippen LogP contribution in [0.2, 0.25) is 0 Å². The third-order valence-corrected chi connectivity index (χ3v) is 8.04. The first-order valence-electron chi connectivity index (χ1n) is 12.5. The van der Waals surface area contributed by atoms with Crippen molar-refractivity contribution in [1.82, 2.24) is 20.1 Å². The van der Waals surface area contributed by atoms with Crippen molar-refractivity contribution in [2.24, 2.45) is 5.16 Å². The third-order valence-electron chi connectivity index (χ3n) is 5.94. The molecule has 16 heteroatoms. The van der Waals surface area contributed by atoms with Gasteiger partial charge in [0.15, 0.2) is 10.8 Å². The molecule has 0 radical (unpaired) electrons. The first kappa shape index (κ1) is 31.0. The topological polar surface area (TPSA) is 169 Å². The predicted molar refractivity (Wildman–Crippen MR) is 147 cm³/mol. The third kappa shape index (κ3) is 7.37. The molecule has 2 atom stereocenters. The number of esters is 2. The van der Waals surface area contributed by atoms with Crippen molar-refractivity contribution in [3.05, 3.63) is 22.3 Å². The van der Waals surface area contributed by atoms with Crippen LogP contribution < -0.4 is 10.6 Å². The molecule has 0 aliphatic carbocycles. The van der Waals surface area contributed by atoms with Gasteiger partial charge in [0.25, 0.3) is 11.8 Å². The maximum absolute atomic E-state index is 13.3. The zero-order valence-corrected chi connectivity index (χ0v) is 24.5. The lowest BCUT2D eigenvalue weighted by Crippen LogP contribution is -2.71. The highest BCUT2D eigenvalue weighted by Gasteiger charge is 2.54. The quantitative estimate of drug-likeness (QED) is 0.141. The number of β-lactam (4-membered cyclic amide) rings is 1. The van der Waals surface area contributed by atoms with E-state index in [0.717, 1.165) is 24.4 Å². The Morgan fingerprint density at radius 2 is 1.93 bits per heavy atom. The van der Waals surface area contributed by atoms with Gasteiger partial charge in [0, 0.05) is 37.1 Å². The van der Waals surface area contributed by atoms with Crippen LogP contribution in [-0.4, -0.2) is 107 Å². The van der Waals surface area contributed by atoms with Gasteiger partial charge in [-0.05, 0) is 13.1 Å². The van der Waals surface area contributed by atoms with Crippen molar-refractivity contribution in [2.75, 3.05) is 51.0 Å². The minimum atomic E-state index is -0.971. The number of amides is 3. The Balaban J connectivity index is 1.76. The number of ether oxygens (including phenoxy) is 2. The molecule has 0 spiro atoms. The molecular weight excluding hydrogens is 564 g/mol. The van der Waals surface area contributed by atoms with Gasteiger partial charge in [0.05, 0.1) is 0 Å². The SMILES string of the molecule is CCN(CC)CCOC(=O)C1=C(COC(C)=O)CSC2C(NC(=O)/C(=N\OC)c3csc(NC(C)=O)n3)C(=O)N12. The number of nitrogens with zero attached hydrogens (tertiary/aromatic N) is 4. The summed E-state index contributed by atoms with van der Waals surface area (Å²) in [6, 6.07) is -0.971. The second-order valence-electron chi connectivity index (χ2n) is 8.60. The Bertz CT molecular complexity index is 1210. The summed E-state index contributed by atoms with van der Waals surface area (Å²) in [5.74, 6) is -2.53. The molecule has 0 aromatic carbocycles. The fraction of sp³-hybridized carbons (Fsp3) is 0.542. The van der Waals surface area contributed by atoms with E-state index in [4.69, 9.17) is 14.3 Å². The van der Waals surface area contributed by atoms with Crippen LogP contribution in [0.15, 0.2) is 21.8 Å². The van der Waals surface area contributed by atoms with Crippen LogP contribution in [0, 0.1) is 0 Å². The van der Waals surface area contributed by atoms with Gasteiger partial charge >= 0.3 is 11.9 Å². The van der Waals surface area contributed by atoms with Crippen molar-refractivity contribution in [3.63, 3.8) is 0 Å². The molecule has 40 heavy (non-hydrogen) atoms. The number of rotatable bonds is 13. The molecule has 1 fully saturated rings. The van der Waals surface area contributed by atoms with E-state index in [2.05, 4.69) is 25.7 Å². The van der Waals surface area contributed by atoms with E-state index < -0.39 is 35.2 Å². The minimum absolute atomic E-state index is 0.0188. The van der Waals surface area contributed by atoms with Gasteiger partial charge in [-0.3, -0.25) is 24.1 Å². The fourth-order valence-corrected chi connectivity index (χ4v) is 6.01. The minimum Gasteiger partial charge on any atom is -0.461 e. The molecule has 1 saturated heterocycles. The number of likely N-dealkylation sites (N-methyl/N-ethyl adjacent to an activating group) is 1.